The highest BCUT2D eigenvalue weighted by Crippen LogP contribution is 2.26. The number of hydrogen-bond acceptors (Lipinski definition) is 5. The second-order valence-electron chi connectivity index (χ2n) is 7.78. The van der Waals surface area contributed by atoms with Crippen LogP contribution in [0.4, 0.5) is 0 Å². The van der Waals surface area contributed by atoms with E-state index in [0.717, 1.165) is 36.9 Å². The summed E-state index contributed by atoms with van der Waals surface area (Å²) in [7, 11) is -3.57. The van der Waals surface area contributed by atoms with E-state index in [-0.39, 0.29) is 22.5 Å². The lowest BCUT2D eigenvalue weighted by molar-refractivity contribution is 0.171. The molecule has 1 fully saturated rings. The minimum atomic E-state index is -3.57. The van der Waals surface area contributed by atoms with Crippen molar-refractivity contribution in [1.29, 1.82) is 0 Å². The smallest absolute Gasteiger partial charge is 0.267 e. The molecule has 1 aliphatic heterocycles. The maximum Gasteiger partial charge on any atom is 0.267 e. The summed E-state index contributed by atoms with van der Waals surface area (Å²) in [6, 6.07) is 1.86. The van der Waals surface area contributed by atoms with E-state index in [1.807, 2.05) is 13.8 Å². The number of fused-ring (bicyclic) bond motifs is 1. The molecule has 0 saturated carbocycles. The molecule has 0 N–H and O–H groups in total. The third kappa shape index (κ3) is 3.45. The van der Waals surface area contributed by atoms with Gasteiger partial charge in [-0.1, -0.05) is 0 Å². The van der Waals surface area contributed by atoms with E-state index in [1.165, 1.54) is 8.99 Å². The first-order valence-corrected chi connectivity index (χ1v) is 10.9. The number of imidazole rings is 1. The van der Waals surface area contributed by atoms with Crippen LogP contribution in [0.3, 0.4) is 0 Å². The van der Waals surface area contributed by atoms with Crippen LogP contribution in [-0.4, -0.2) is 45.1 Å². The average molecular weight is 391 g/mol. The first-order valence-electron chi connectivity index (χ1n) is 9.48. The van der Waals surface area contributed by atoms with Crippen molar-refractivity contribution in [2.75, 3.05) is 13.1 Å². The van der Waals surface area contributed by atoms with Crippen LogP contribution in [0.5, 0.6) is 0 Å². The molecular weight excluding hydrogens is 366 g/mol. The van der Waals surface area contributed by atoms with E-state index in [9.17, 15) is 13.2 Å². The summed E-state index contributed by atoms with van der Waals surface area (Å²) >= 11 is 0. The largest absolute Gasteiger partial charge is 0.334 e. The lowest BCUT2D eigenvalue weighted by Crippen LogP contribution is -2.52. The van der Waals surface area contributed by atoms with Gasteiger partial charge >= 0.3 is 0 Å². The number of aryl methyl sites for hydroxylation is 2. The van der Waals surface area contributed by atoms with Gasteiger partial charge in [0.2, 0.25) is 0 Å². The monoisotopic (exact) mass is 391 g/mol. The van der Waals surface area contributed by atoms with Gasteiger partial charge in [-0.15, -0.1) is 0 Å². The number of rotatable bonds is 5. The molecule has 4 rings (SSSR count). The summed E-state index contributed by atoms with van der Waals surface area (Å²) in [6.07, 6.45) is 7.18. The van der Waals surface area contributed by atoms with Gasteiger partial charge in [0.1, 0.15) is 0 Å². The lowest BCUT2D eigenvalue weighted by Gasteiger charge is -2.37. The molecular formula is C18H25N5O3S. The Bertz CT molecular complexity index is 1000. The maximum absolute atomic E-state index is 12.7. The predicted molar refractivity (Wildman–Crippen MR) is 100.0 cm³/mol. The molecule has 1 saturated heterocycles. The van der Waals surface area contributed by atoms with Gasteiger partial charge in [0.25, 0.3) is 15.6 Å². The third-order valence-corrected chi connectivity index (χ3v) is 7.12. The molecule has 2 aromatic heterocycles. The zero-order valence-electron chi connectivity index (χ0n) is 15.7. The van der Waals surface area contributed by atoms with Crippen LogP contribution >= 0.6 is 0 Å². The van der Waals surface area contributed by atoms with Crippen molar-refractivity contribution >= 4 is 10.0 Å². The first-order chi connectivity index (χ1) is 12.8. The van der Waals surface area contributed by atoms with Crippen LogP contribution < -0.4 is 5.56 Å². The lowest BCUT2D eigenvalue weighted by atomic mass is 9.97. The summed E-state index contributed by atoms with van der Waals surface area (Å²) in [5.74, 6) is 0.0961. The zero-order chi connectivity index (χ0) is 19.2. The van der Waals surface area contributed by atoms with Crippen molar-refractivity contribution in [2.24, 2.45) is 5.92 Å². The first kappa shape index (κ1) is 18.4. The Morgan fingerprint density at radius 2 is 1.96 bits per heavy atom. The number of nitrogens with zero attached hydrogens (tertiary/aromatic N) is 5. The topological polar surface area (TPSA) is 90.1 Å². The second-order valence-corrected chi connectivity index (χ2v) is 9.67. The van der Waals surface area contributed by atoms with Crippen molar-refractivity contribution in [3.8, 4) is 0 Å². The molecule has 146 valence electrons. The molecule has 0 atom stereocenters. The highest BCUT2D eigenvalue weighted by molar-refractivity contribution is 7.89. The summed E-state index contributed by atoms with van der Waals surface area (Å²) < 4.78 is 30.1. The minimum absolute atomic E-state index is 0.0822. The molecule has 2 aromatic rings. The van der Waals surface area contributed by atoms with Crippen LogP contribution in [-0.2, 0) is 29.4 Å². The number of sulfonamides is 1. The van der Waals surface area contributed by atoms with Crippen molar-refractivity contribution < 1.29 is 8.42 Å². The zero-order valence-corrected chi connectivity index (χ0v) is 16.5. The molecule has 9 heteroatoms. The van der Waals surface area contributed by atoms with Gasteiger partial charge in [0.05, 0.1) is 18.6 Å². The van der Waals surface area contributed by atoms with Crippen LogP contribution in [0.2, 0.25) is 0 Å². The third-order valence-electron chi connectivity index (χ3n) is 5.41. The molecule has 27 heavy (non-hydrogen) atoms. The van der Waals surface area contributed by atoms with Gasteiger partial charge in [0, 0.05) is 37.3 Å². The van der Waals surface area contributed by atoms with E-state index in [1.54, 1.807) is 23.2 Å². The minimum Gasteiger partial charge on any atom is -0.334 e. The van der Waals surface area contributed by atoms with Crippen molar-refractivity contribution in [3.63, 3.8) is 0 Å². The van der Waals surface area contributed by atoms with E-state index >= 15 is 0 Å². The summed E-state index contributed by atoms with van der Waals surface area (Å²) in [5.41, 5.74) is 2.00. The van der Waals surface area contributed by atoms with E-state index in [2.05, 4.69) is 10.1 Å². The molecule has 1 aliphatic carbocycles. The molecule has 3 heterocycles. The Kier molecular flexibility index (Phi) is 4.67. The summed E-state index contributed by atoms with van der Waals surface area (Å²) in [4.78, 5) is 16.3. The predicted octanol–water partition coefficient (Wildman–Crippen LogP) is 1.22. The Hall–Kier alpha value is -2.00. The van der Waals surface area contributed by atoms with Crippen LogP contribution in [0, 0.1) is 5.92 Å². The standard InChI is InChI=1S/C18H25N5O3S/c1-13(2)21-11-17(19-12-21)27(25,26)22-8-14(9-22)10-23-18(24)7-15-5-3-4-6-16(15)20-23/h7,11-14H,3-6,8-10H2,1-2H3. The molecule has 0 radical (unpaired) electrons. The molecule has 0 amide bonds. The molecule has 0 unspecified atom stereocenters. The van der Waals surface area contributed by atoms with Gasteiger partial charge in [-0.3, -0.25) is 4.79 Å². The fourth-order valence-corrected chi connectivity index (χ4v) is 5.19. The Morgan fingerprint density at radius 3 is 2.67 bits per heavy atom. The highest BCUT2D eigenvalue weighted by Gasteiger charge is 2.38. The molecule has 8 nitrogen and oxygen atoms in total. The van der Waals surface area contributed by atoms with Crippen LogP contribution in [0.25, 0.3) is 0 Å². The van der Waals surface area contributed by atoms with Gasteiger partial charge < -0.3 is 4.57 Å². The van der Waals surface area contributed by atoms with E-state index in [4.69, 9.17) is 0 Å². The van der Waals surface area contributed by atoms with Crippen molar-refractivity contribution in [3.05, 3.63) is 40.2 Å². The Labute approximate surface area is 158 Å². The second kappa shape index (κ2) is 6.87. The number of hydrogen-bond donors (Lipinski definition) is 0. The Balaban J connectivity index is 1.43. The van der Waals surface area contributed by atoms with E-state index < -0.39 is 10.0 Å². The van der Waals surface area contributed by atoms with Crippen LogP contribution in [0.1, 0.15) is 44.0 Å². The molecule has 2 aliphatic rings. The quantitative estimate of drug-likeness (QED) is 0.764. The van der Waals surface area contributed by atoms with Gasteiger partial charge in [-0.2, -0.15) is 9.40 Å². The van der Waals surface area contributed by atoms with Crippen LogP contribution in [0.15, 0.2) is 28.4 Å². The molecule has 0 spiro atoms. The number of aromatic nitrogens is 4. The fraction of sp³-hybridized carbons (Fsp3) is 0.611. The SMILES string of the molecule is CC(C)n1cnc(S(=O)(=O)N2CC(Cn3nc4c(cc3=O)CCCC4)C2)c1. The van der Waals surface area contributed by atoms with Gasteiger partial charge in [0.15, 0.2) is 5.03 Å². The maximum atomic E-state index is 12.7. The average Bonchev–Trinajstić information content (AvgIpc) is 3.09. The molecule has 0 aromatic carbocycles. The van der Waals surface area contributed by atoms with Gasteiger partial charge in [-0.25, -0.2) is 18.1 Å². The van der Waals surface area contributed by atoms with Gasteiger partial charge in [-0.05, 0) is 45.1 Å². The van der Waals surface area contributed by atoms with E-state index in [0.29, 0.717) is 19.6 Å². The van der Waals surface area contributed by atoms with Crippen molar-refractivity contribution in [1.82, 2.24) is 23.6 Å². The summed E-state index contributed by atoms with van der Waals surface area (Å²) in [5, 5.41) is 4.61. The molecule has 0 bridgehead atoms. The highest BCUT2D eigenvalue weighted by atomic mass is 32.2. The summed E-state index contributed by atoms with van der Waals surface area (Å²) in [6.45, 7) is 5.19. The fourth-order valence-electron chi connectivity index (χ4n) is 3.68. The Morgan fingerprint density at radius 1 is 1.22 bits per heavy atom. The normalized spacial score (nSPS) is 18.5. The van der Waals surface area contributed by atoms with Crippen molar-refractivity contribution in [2.45, 2.75) is 57.1 Å².